The molecule has 0 unspecified atom stereocenters. The van der Waals surface area contributed by atoms with Crippen LogP contribution < -0.4 is 5.73 Å². The molecule has 2 heterocycles. The fourth-order valence-electron chi connectivity index (χ4n) is 3.39. The number of amides is 1. The fourth-order valence-corrected chi connectivity index (χ4v) is 3.39. The predicted molar refractivity (Wildman–Crippen MR) is 110 cm³/mol. The molecule has 1 amide bonds. The number of carbonyl (C=O) groups excluding carboxylic acids is 1. The van der Waals surface area contributed by atoms with E-state index in [0.717, 1.165) is 55.1 Å². The molecule has 7 nitrogen and oxygen atoms in total. The van der Waals surface area contributed by atoms with E-state index < -0.39 is 0 Å². The number of nitrogens with two attached hydrogens (primary N) is 1. The van der Waals surface area contributed by atoms with Gasteiger partial charge in [-0.1, -0.05) is 12.1 Å². The topological polar surface area (TPSA) is 84.6 Å². The van der Waals surface area contributed by atoms with Gasteiger partial charge in [-0.3, -0.25) is 14.9 Å². The first-order chi connectivity index (χ1) is 13.4. The summed E-state index contributed by atoms with van der Waals surface area (Å²) in [6.07, 6.45) is 5.21. The summed E-state index contributed by atoms with van der Waals surface area (Å²) >= 11 is 0. The lowest BCUT2D eigenvalue weighted by atomic mass is 10.0. The standard InChI is InChI=1S/C21H29N5O2/c1-15(2)28-21(27)26-10-8-19(9-11-26)25(3)14-18-12-24-20(13-23-18)16-4-6-17(22)7-5-16/h4-7,12-13,15,19H,8-11,14,22H2,1-3H3. The maximum absolute atomic E-state index is 12.0. The van der Waals surface area contributed by atoms with Crippen molar-refractivity contribution in [1.82, 2.24) is 19.8 Å². The van der Waals surface area contributed by atoms with Gasteiger partial charge in [-0.25, -0.2) is 4.79 Å². The summed E-state index contributed by atoms with van der Waals surface area (Å²) in [4.78, 5) is 25.2. The van der Waals surface area contributed by atoms with E-state index >= 15 is 0 Å². The molecule has 2 N–H and O–H groups in total. The molecule has 2 aromatic rings. The summed E-state index contributed by atoms with van der Waals surface area (Å²) in [5.41, 5.74) is 9.24. The molecule has 0 radical (unpaired) electrons. The van der Waals surface area contributed by atoms with Crippen LogP contribution in [0.1, 0.15) is 32.4 Å². The van der Waals surface area contributed by atoms with Crippen LogP contribution >= 0.6 is 0 Å². The van der Waals surface area contributed by atoms with Crippen molar-refractivity contribution >= 4 is 11.8 Å². The third kappa shape index (κ3) is 5.19. The van der Waals surface area contributed by atoms with E-state index in [2.05, 4.69) is 21.9 Å². The summed E-state index contributed by atoms with van der Waals surface area (Å²) in [7, 11) is 2.10. The van der Waals surface area contributed by atoms with Gasteiger partial charge in [0.1, 0.15) is 0 Å². The van der Waals surface area contributed by atoms with E-state index in [4.69, 9.17) is 10.5 Å². The molecule has 1 fully saturated rings. The number of benzene rings is 1. The zero-order chi connectivity index (χ0) is 20.1. The van der Waals surface area contributed by atoms with Gasteiger partial charge in [-0.05, 0) is 45.9 Å². The molecule has 1 saturated heterocycles. The summed E-state index contributed by atoms with van der Waals surface area (Å²) in [6.45, 7) is 5.93. The Kier molecular flexibility index (Phi) is 6.46. The van der Waals surface area contributed by atoms with Crippen LogP contribution in [0, 0.1) is 0 Å². The van der Waals surface area contributed by atoms with E-state index in [1.54, 1.807) is 11.1 Å². The average Bonchev–Trinajstić information content (AvgIpc) is 2.69. The number of anilines is 1. The second-order valence-electron chi connectivity index (χ2n) is 7.58. The van der Waals surface area contributed by atoms with Crippen LogP contribution in [0.4, 0.5) is 10.5 Å². The van der Waals surface area contributed by atoms with Gasteiger partial charge in [0.2, 0.25) is 0 Å². The van der Waals surface area contributed by atoms with E-state index in [9.17, 15) is 4.79 Å². The van der Waals surface area contributed by atoms with Gasteiger partial charge in [0.25, 0.3) is 0 Å². The number of hydrogen-bond donors (Lipinski definition) is 1. The third-order valence-electron chi connectivity index (χ3n) is 5.01. The number of aromatic nitrogens is 2. The molecule has 1 aliphatic heterocycles. The Morgan fingerprint density at radius 3 is 2.46 bits per heavy atom. The number of piperidine rings is 1. The SMILES string of the molecule is CC(C)OC(=O)N1CCC(N(C)Cc2cnc(-c3ccc(N)cc3)cn2)CC1. The highest BCUT2D eigenvalue weighted by Gasteiger charge is 2.26. The van der Waals surface area contributed by atoms with Gasteiger partial charge >= 0.3 is 6.09 Å². The highest BCUT2D eigenvalue weighted by Crippen LogP contribution is 2.20. The monoisotopic (exact) mass is 383 g/mol. The second-order valence-corrected chi connectivity index (χ2v) is 7.58. The molecule has 3 rings (SSSR count). The largest absolute Gasteiger partial charge is 0.447 e. The lowest BCUT2D eigenvalue weighted by molar-refractivity contribution is 0.0575. The van der Waals surface area contributed by atoms with Crippen molar-refractivity contribution in [3.8, 4) is 11.3 Å². The van der Waals surface area contributed by atoms with Crippen LogP contribution in [0.25, 0.3) is 11.3 Å². The Hall–Kier alpha value is -2.67. The number of rotatable bonds is 5. The van der Waals surface area contributed by atoms with Gasteiger partial charge in [0, 0.05) is 36.9 Å². The van der Waals surface area contributed by atoms with Gasteiger partial charge < -0.3 is 15.4 Å². The number of hydrogen-bond acceptors (Lipinski definition) is 6. The van der Waals surface area contributed by atoms with Gasteiger partial charge in [0.05, 0.1) is 29.9 Å². The third-order valence-corrected chi connectivity index (χ3v) is 5.01. The van der Waals surface area contributed by atoms with Gasteiger partial charge in [-0.15, -0.1) is 0 Å². The van der Waals surface area contributed by atoms with Crippen LogP contribution in [0.15, 0.2) is 36.7 Å². The minimum atomic E-state index is -0.208. The molecule has 1 aromatic carbocycles. The summed E-state index contributed by atoms with van der Waals surface area (Å²) in [5, 5.41) is 0. The quantitative estimate of drug-likeness (QED) is 0.799. The van der Waals surface area contributed by atoms with Crippen molar-refractivity contribution in [2.75, 3.05) is 25.9 Å². The second kappa shape index (κ2) is 9.01. The summed E-state index contributed by atoms with van der Waals surface area (Å²) in [5.74, 6) is 0. The molecule has 1 aromatic heterocycles. The number of nitrogen functional groups attached to an aromatic ring is 1. The lowest BCUT2D eigenvalue weighted by Crippen LogP contribution is -2.46. The number of likely N-dealkylation sites (tertiary alicyclic amines) is 1. The lowest BCUT2D eigenvalue weighted by Gasteiger charge is -2.36. The fraction of sp³-hybridized carbons (Fsp3) is 0.476. The van der Waals surface area contributed by atoms with Crippen LogP contribution in [0.5, 0.6) is 0 Å². The molecule has 7 heteroatoms. The number of ether oxygens (including phenoxy) is 1. The maximum atomic E-state index is 12.0. The van der Waals surface area contributed by atoms with Crippen molar-refractivity contribution in [1.29, 1.82) is 0 Å². The smallest absolute Gasteiger partial charge is 0.410 e. The zero-order valence-corrected chi connectivity index (χ0v) is 16.8. The molecule has 0 atom stereocenters. The van der Waals surface area contributed by atoms with Crippen LogP contribution in [0.2, 0.25) is 0 Å². The Labute approximate surface area is 166 Å². The Morgan fingerprint density at radius 1 is 1.21 bits per heavy atom. The van der Waals surface area contributed by atoms with Crippen molar-refractivity contribution in [2.45, 2.75) is 45.4 Å². The molecular weight excluding hydrogens is 354 g/mol. The first-order valence-electron chi connectivity index (χ1n) is 9.75. The van der Waals surface area contributed by atoms with Crippen molar-refractivity contribution in [3.63, 3.8) is 0 Å². The molecule has 150 valence electrons. The van der Waals surface area contributed by atoms with Crippen LogP contribution in [-0.2, 0) is 11.3 Å². The van der Waals surface area contributed by atoms with Crippen molar-refractivity contribution in [3.05, 3.63) is 42.4 Å². The first kappa shape index (κ1) is 20.1. The first-order valence-corrected chi connectivity index (χ1v) is 9.75. The van der Waals surface area contributed by atoms with Gasteiger partial charge in [0.15, 0.2) is 0 Å². The van der Waals surface area contributed by atoms with E-state index in [1.165, 1.54) is 0 Å². The maximum Gasteiger partial charge on any atom is 0.410 e. The number of carbonyl (C=O) groups is 1. The van der Waals surface area contributed by atoms with Crippen LogP contribution in [-0.4, -0.2) is 58.1 Å². The molecule has 0 aliphatic carbocycles. The Balaban J connectivity index is 1.52. The van der Waals surface area contributed by atoms with Crippen molar-refractivity contribution in [2.24, 2.45) is 0 Å². The highest BCUT2D eigenvalue weighted by molar-refractivity contribution is 5.67. The Morgan fingerprint density at radius 2 is 1.89 bits per heavy atom. The molecule has 0 saturated carbocycles. The molecule has 0 bridgehead atoms. The summed E-state index contributed by atoms with van der Waals surface area (Å²) < 4.78 is 5.28. The predicted octanol–water partition coefficient (Wildman–Crippen LogP) is 3.17. The molecule has 28 heavy (non-hydrogen) atoms. The molecule has 0 spiro atoms. The van der Waals surface area contributed by atoms with Gasteiger partial charge in [-0.2, -0.15) is 0 Å². The zero-order valence-electron chi connectivity index (χ0n) is 16.8. The van der Waals surface area contributed by atoms with E-state index in [1.807, 2.05) is 44.3 Å². The van der Waals surface area contributed by atoms with E-state index in [0.29, 0.717) is 6.04 Å². The number of nitrogens with zero attached hydrogens (tertiary/aromatic N) is 4. The Bertz CT molecular complexity index is 768. The minimum absolute atomic E-state index is 0.0808. The highest BCUT2D eigenvalue weighted by atomic mass is 16.6. The summed E-state index contributed by atoms with van der Waals surface area (Å²) in [6, 6.07) is 8.04. The minimum Gasteiger partial charge on any atom is -0.447 e. The molecular formula is C21H29N5O2. The normalized spacial score (nSPS) is 15.2. The molecule has 1 aliphatic rings. The van der Waals surface area contributed by atoms with Crippen LogP contribution in [0.3, 0.4) is 0 Å². The van der Waals surface area contributed by atoms with Crippen molar-refractivity contribution < 1.29 is 9.53 Å². The average molecular weight is 383 g/mol. The van der Waals surface area contributed by atoms with E-state index in [-0.39, 0.29) is 12.2 Å².